The van der Waals surface area contributed by atoms with Crippen LogP contribution in [0.25, 0.3) is 0 Å². The Balaban J connectivity index is 0. The predicted octanol–water partition coefficient (Wildman–Crippen LogP) is 0.960. The number of hydrogen-bond acceptors (Lipinski definition) is 2. The lowest BCUT2D eigenvalue weighted by Gasteiger charge is -2.03. The number of methoxy groups -OCH3 is 1. The van der Waals surface area contributed by atoms with Crippen molar-refractivity contribution in [2.75, 3.05) is 13.7 Å². The first-order valence-corrected chi connectivity index (χ1v) is 3.62. The van der Waals surface area contributed by atoms with E-state index >= 15 is 0 Å². The molecule has 0 aliphatic carbocycles. The average molecular weight is 159 g/mol. The number of hydrogen-bond donors (Lipinski definition) is 1. The van der Waals surface area contributed by atoms with Crippen LogP contribution in [0, 0.1) is 0 Å². The molecule has 11 heavy (non-hydrogen) atoms. The summed E-state index contributed by atoms with van der Waals surface area (Å²) in [6, 6.07) is 0.190. The third-order valence-electron chi connectivity index (χ3n) is 0.963. The lowest BCUT2D eigenvalue weighted by molar-refractivity contribution is -0.117. The first-order valence-electron chi connectivity index (χ1n) is 3.62. The number of carbonyl (C=O) groups is 1. The molecule has 0 saturated heterocycles. The molecule has 0 aromatic heterocycles. The van der Waals surface area contributed by atoms with Crippen LogP contribution in [0.1, 0.15) is 15.3 Å². The minimum Gasteiger partial charge on any atom is -0.381 e. The van der Waals surface area contributed by atoms with Gasteiger partial charge >= 0.3 is 0 Å². The third kappa shape index (κ3) is 7.06. The van der Waals surface area contributed by atoms with E-state index in [2.05, 4.69) is 5.32 Å². The van der Waals surface area contributed by atoms with Crippen LogP contribution in [-0.2, 0) is 9.53 Å². The summed E-state index contributed by atoms with van der Waals surface area (Å²) in [6.45, 7) is 4.32. The smallest absolute Gasteiger partial charge is 0.243 e. The number of carbonyl (C=O) groups excluding carboxylic acids is 1. The molecule has 0 aliphatic rings. The summed E-state index contributed by atoms with van der Waals surface area (Å²) in [6.07, 6.45) is 3.15. The summed E-state index contributed by atoms with van der Waals surface area (Å²) >= 11 is 0. The van der Waals surface area contributed by atoms with E-state index in [-0.39, 0.29) is 13.4 Å². The summed E-state index contributed by atoms with van der Waals surface area (Å²) in [5.41, 5.74) is 0. The second-order valence-corrected chi connectivity index (χ2v) is 2.52. The Bertz CT molecular complexity index is 146. The molecule has 1 amide bonds. The Morgan fingerprint density at radius 2 is 2.36 bits per heavy atom. The minimum atomic E-state index is -0.0722. The molecule has 0 aromatic carbocycles. The van der Waals surface area contributed by atoms with E-state index in [0.717, 1.165) is 0 Å². The van der Waals surface area contributed by atoms with Crippen LogP contribution in [0.15, 0.2) is 12.2 Å². The molecule has 0 fully saturated rings. The van der Waals surface area contributed by atoms with Gasteiger partial charge in [-0.1, -0.05) is 6.08 Å². The fourth-order valence-corrected chi connectivity index (χ4v) is 0.584. The van der Waals surface area contributed by atoms with E-state index in [4.69, 9.17) is 4.74 Å². The van der Waals surface area contributed by atoms with Gasteiger partial charge in [-0.15, -0.1) is 0 Å². The Labute approximate surface area is 68.9 Å². The highest BCUT2D eigenvalue weighted by Gasteiger charge is 1.95. The van der Waals surface area contributed by atoms with Crippen molar-refractivity contribution >= 4 is 5.91 Å². The Hall–Kier alpha value is -0.830. The van der Waals surface area contributed by atoms with Crippen molar-refractivity contribution in [3.8, 4) is 0 Å². The van der Waals surface area contributed by atoms with E-state index in [9.17, 15) is 4.79 Å². The van der Waals surface area contributed by atoms with Gasteiger partial charge in [-0.05, 0) is 13.8 Å². The van der Waals surface area contributed by atoms with Gasteiger partial charge in [0.2, 0.25) is 5.91 Å². The zero-order valence-corrected chi connectivity index (χ0v) is 7.26. The fraction of sp³-hybridized carbons (Fsp3) is 0.625. The molecule has 3 nitrogen and oxygen atoms in total. The topological polar surface area (TPSA) is 38.3 Å². The second kappa shape index (κ2) is 5.92. The van der Waals surface area contributed by atoms with E-state index in [0.29, 0.717) is 6.61 Å². The Morgan fingerprint density at radius 1 is 1.73 bits per heavy atom. The monoisotopic (exact) mass is 159 g/mol. The fourth-order valence-electron chi connectivity index (χ4n) is 0.584. The molecule has 66 valence electrons. The average Bonchev–Trinajstić information content (AvgIpc) is 1.86. The van der Waals surface area contributed by atoms with Gasteiger partial charge in [0, 0.05) is 20.7 Å². The van der Waals surface area contributed by atoms with E-state index in [1.54, 1.807) is 13.2 Å². The molecule has 0 unspecified atom stereocenters. The van der Waals surface area contributed by atoms with E-state index < -0.39 is 0 Å². The molecule has 3 heteroatoms. The molecule has 0 spiro atoms. The van der Waals surface area contributed by atoms with Gasteiger partial charge < -0.3 is 10.1 Å². The van der Waals surface area contributed by atoms with Gasteiger partial charge in [0.05, 0.1) is 6.61 Å². The number of nitrogens with one attached hydrogen (secondary N) is 1. The number of rotatable bonds is 4. The SMILES string of the molecule is COC/C=C\C(=O)NC(C)C.[HH]. The lowest BCUT2D eigenvalue weighted by Crippen LogP contribution is -2.28. The molecular formula is C8H17NO2. The van der Waals surface area contributed by atoms with Gasteiger partial charge in [0.25, 0.3) is 0 Å². The maximum Gasteiger partial charge on any atom is 0.243 e. The van der Waals surface area contributed by atoms with Crippen LogP contribution < -0.4 is 5.32 Å². The van der Waals surface area contributed by atoms with Crippen molar-refractivity contribution in [1.82, 2.24) is 5.32 Å². The predicted molar refractivity (Wildman–Crippen MR) is 46.4 cm³/mol. The summed E-state index contributed by atoms with van der Waals surface area (Å²) in [4.78, 5) is 10.9. The zero-order valence-electron chi connectivity index (χ0n) is 7.26. The molecule has 0 aromatic rings. The standard InChI is InChI=1S/C8H15NO2.H2/c1-7(2)9-8(10)5-4-6-11-3;/h4-5,7H,6H2,1-3H3,(H,9,10);1H/b5-4-;. The Morgan fingerprint density at radius 3 is 2.82 bits per heavy atom. The van der Waals surface area contributed by atoms with Gasteiger partial charge in [-0.3, -0.25) is 4.79 Å². The van der Waals surface area contributed by atoms with Crippen molar-refractivity contribution in [3.05, 3.63) is 12.2 Å². The molecule has 0 aliphatic heterocycles. The molecule has 0 radical (unpaired) electrons. The highest BCUT2D eigenvalue weighted by atomic mass is 16.5. The number of amides is 1. The quantitative estimate of drug-likeness (QED) is 0.620. The number of ether oxygens (including phenoxy) is 1. The summed E-state index contributed by atoms with van der Waals surface area (Å²) in [5, 5.41) is 2.72. The normalized spacial score (nSPS) is 10.9. The summed E-state index contributed by atoms with van der Waals surface area (Å²) in [7, 11) is 1.59. The van der Waals surface area contributed by atoms with Gasteiger partial charge in [0.15, 0.2) is 0 Å². The lowest BCUT2D eigenvalue weighted by atomic mass is 10.4. The largest absolute Gasteiger partial charge is 0.381 e. The molecule has 0 heterocycles. The van der Waals surface area contributed by atoms with Crippen molar-refractivity contribution in [2.45, 2.75) is 19.9 Å². The summed E-state index contributed by atoms with van der Waals surface area (Å²) in [5.74, 6) is -0.0722. The van der Waals surface area contributed by atoms with Gasteiger partial charge in [0.1, 0.15) is 0 Å². The molecule has 0 rings (SSSR count). The first kappa shape index (κ1) is 10.2. The van der Waals surface area contributed by atoms with Crippen molar-refractivity contribution in [2.24, 2.45) is 0 Å². The van der Waals surface area contributed by atoms with Crippen LogP contribution in [0.4, 0.5) is 0 Å². The second-order valence-electron chi connectivity index (χ2n) is 2.52. The van der Waals surface area contributed by atoms with Gasteiger partial charge in [-0.25, -0.2) is 0 Å². The minimum absolute atomic E-state index is 0. The maximum absolute atomic E-state index is 10.9. The van der Waals surface area contributed by atoms with Crippen LogP contribution in [-0.4, -0.2) is 25.7 Å². The molecular weight excluding hydrogens is 142 g/mol. The van der Waals surface area contributed by atoms with Gasteiger partial charge in [-0.2, -0.15) is 0 Å². The van der Waals surface area contributed by atoms with Crippen molar-refractivity contribution in [1.29, 1.82) is 0 Å². The highest BCUT2D eigenvalue weighted by molar-refractivity contribution is 5.87. The van der Waals surface area contributed by atoms with Crippen molar-refractivity contribution < 1.29 is 11.0 Å². The van der Waals surface area contributed by atoms with Crippen LogP contribution in [0.5, 0.6) is 0 Å². The molecule has 0 saturated carbocycles. The van der Waals surface area contributed by atoms with E-state index in [1.807, 2.05) is 13.8 Å². The first-order chi connectivity index (χ1) is 5.16. The Kier molecular flexibility index (Phi) is 5.47. The molecule has 0 atom stereocenters. The highest BCUT2D eigenvalue weighted by Crippen LogP contribution is 1.79. The zero-order chi connectivity index (χ0) is 8.69. The van der Waals surface area contributed by atoms with Crippen LogP contribution in [0.2, 0.25) is 0 Å². The maximum atomic E-state index is 10.9. The van der Waals surface area contributed by atoms with Crippen molar-refractivity contribution in [3.63, 3.8) is 0 Å². The molecule has 1 N–H and O–H groups in total. The third-order valence-corrected chi connectivity index (χ3v) is 0.963. The molecule has 0 bridgehead atoms. The van der Waals surface area contributed by atoms with Crippen LogP contribution >= 0.6 is 0 Å². The van der Waals surface area contributed by atoms with Crippen LogP contribution in [0.3, 0.4) is 0 Å². The summed E-state index contributed by atoms with van der Waals surface area (Å²) < 4.78 is 4.73. The van der Waals surface area contributed by atoms with E-state index in [1.165, 1.54) is 6.08 Å².